The second-order valence-electron chi connectivity index (χ2n) is 7.62. The Morgan fingerprint density at radius 1 is 1.24 bits per heavy atom. The molecule has 1 aliphatic heterocycles. The van der Waals surface area contributed by atoms with Gasteiger partial charge in [0.25, 0.3) is 0 Å². The molecule has 2 unspecified atom stereocenters. The van der Waals surface area contributed by atoms with Gasteiger partial charge in [0.1, 0.15) is 0 Å². The van der Waals surface area contributed by atoms with E-state index in [4.69, 9.17) is 0 Å². The van der Waals surface area contributed by atoms with Crippen LogP contribution in [0.15, 0.2) is 6.07 Å². The highest BCUT2D eigenvalue weighted by Crippen LogP contribution is 2.29. The highest BCUT2D eigenvalue weighted by Gasteiger charge is 2.32. The molecule has 7 nitrogen and oxygen atoms in total. The van der Waals surface area contributed by atoms with Crippen molar-refractivity contribution in [3.63, 3.8) is 0 Å². The molecule has 1 saturated heterocycles. The highest BCUT2D eigenvalue weighted by atomic mass is 16.4. The minimum absolute atomic E-state index is 0.183. The Morgan fingerprint density at radius 3 is 2.64 bits per heavy atom. The Kier molecular flexibility index (Phi) is 5.30. The third-order valence-electron chi connectivity index (χ3n) is 5.37. The number of aromatic nitrogens is 2. The summed E-state index contributed by atoms with van der Waals surface area (Å²) in [5.41, 5.74) is 1.05. The van der Waals surface area contributed by atoms with Gasteiger partial charge in [0, 0.05) is 24.8 Å². The summed E-state index contributed by atoms with van der Waals surface area (Å²) >= 11 is 0. The van der Waals surface area contributed by atoms with Crippen LogP contribution < -0.4 is 5.32 Å². The second kappa shape index (κ2) is 7.45. The monoisotopic (exact) mass is 348 g/mol. The number of carboxylic acids is 1. The van der Waals surface area contributed by atoms with Gasteiger partial charge in [-0.3, -0.25) is 14.8 Å². The number of hydrogen-bond donors (Lipinski definition) is 2. The maximum Gasteiger partial charge on any atom is 0.323 e. The molecule has 2 amide bonds. The van der Waals surface area contributed by atoms with Crippen LogP contribution in [-0.4, -0.2) is 44.9 Å². The quantitative estimate of drug-likeness (QED) is 0.877. The smallest absolute Gasteiger partial charge is 0.323 e. The summed E-state index contributed by atoms with van der Waals surface area (Å²) in [5.74, 6) is -0.585. The van der Waals surface area contributed by atoms with E-state index in [-0.39, 0.29) is 18.5 Å². The number of hydrogen-bond acceptors (Lipinski definition) is 3. The minimum Gasteiger partial charge on any atom is -0.481 e. The number of carbonyl (C=O) groups excluding carboxylic acids is 1. The lowest BCUT2D eigenvalue weighted by Gasteiger charge is -2.34. The van der Waals surface area contributed by atoms with Crippen LogP contribution in [0.2, 0.25) is 0 Å². The summed E-state index contributed by atoms with van der Waals surface area (Å²) in [4.78, 5) is 25.4. The Balaban J connectivity index is 1.65. The van der Waals surface area contributed by atoms with E-state index < -0.39 is 11.9 Å². The Hall–Kier alpha value is -2.05. The molecule has 1 aromatic rings. The average Bonchev–Trinajstić information content (AvgIpc) is 2.95. The normalized spacial score (nSPS) is 25.0. The molecule has 2 N–H and O–H groups in total. The first kappa shape index (κ1) is 17.8. The molecule has 2 fully saturated rings. The van der Waals surface area contributed by atoms with Crippen molar-refractivity contribution >= 4 is 17.8 Å². The summed E-state index contributed by atoms with van der Waals surface area (Å²) in [7, 11) is 0. The number of amides is 2. The topological polar surface area (TPSA) is 87.5 Å². The molecular weight excluding hydrogens is 320 g/mol. The number of aliphatic carboxylic acids is 1. The van der Waals surface area contributed by atoms with Gasteiger partial charge in [0.05, 0.1) is 12.0 Å². The fourth-order valence-corrected chi connectivity index (χ4v) is 4.13. The van der Waals surface area contributed by atoms with E-state index in [0.717, 1.165) is 18.5 Å². The zero-order valence-corrected chi connectivity index (χ0v) is 15.1. The van der Waals surface area contributed by atoms with E-state index >= 15 is 0 Å². The van der Waals surface area contributed by atoms with Gasteiger partial charge in [-0.1, -0.05) is 26.2 Å². The van der Waals surface area contributed by atoms with Gasteiger partial charge < -0.3 is 10.0 Å². The van der Waals surface area contributed by atoms with Crippen molar-refractivity contribution in [1.29, 1.82) is 0 Å². The largest absolute Gasteiger partial charge is 0.481 e. The van der Waals surface area contributed by atoms with Crippen molar-refractivity contribution in [2.24, 2.45) is 11.8 Å². The van der Waals surface area contributed by atoms with E-state index in [2.05, 4.69) is 10.4 Å². The number of aryl methyl sites for hydroxylation is 1. The van der Waals surface area contributed by atoms with Gasteiger partial charge in [0.15, 0.2) is 5.82 Å². The molecule has 1 aromatic heterocycles. The first-order chi connectivity index (χ1) is 11.9. The summed E-state index contributed by atoms with van der Waals surface area (Å²) < 4.78 is 2.04. The van der Waals surface area contributed by atoms with Crippen LogP contribution in [-0.2, 0) is 4.79 Å². The maximum absolute atomic E-state index is 12.6. The first-order valence-electron chi connectivity index (χ1n) is 9.29. The molecule has 7 heteroatoms. The third-order valence-corrected chi connectivity index (χ3v) is 5.37. The second-order valence-corrected chi connectivity index (χ2v) is 7.62. The van der Waals surface area contributed by atoms with Crippen molar-refractivity contribution in [3.8, 4) is 0 Å². The number of carbonyl (C=O) groups is 2. The van der Waals surface area contributed by atoms with Gasteiger partial charge in [-0.25, -0.2) is 4.79 Å². The number of rotatable bonds is 3. The van der Waals surface area contributed by atoms with Crippen molar-refractivity contribution in [2.45, 2.75) is 58.4 Å². The number of nitrogens with one attached hydrogen (secondary N) is 1. The molecule has 0 spiro atoms. The van der Waals surface area contributed by atoms with E-state index in [1.54, 1.807) is 4.90 Å². The lowest BCUT2D eigenvalue weighted by molar-refractivity contribution is -0.143. The van der Waals surface area contributed by atoms with E-state index in [9.17, 15) is 14.7 Å². The van der Waals surface area contributed by atoms with Crippen molar-refractivity contribution < 1.29 is 14.7 Å². The molecule has 0 aromatic carbocycles. The van der Waals surface area contributed by atoms with Crippen LogP contribution in [0, 0.1) is 18.8 Å². The van der Waals surface area contributed by atoms with Gasteiger partial charge in [-0.05, 0) is 32.1 Å². The van der Waals surface area contributed by atoms with Crippen LogP contribution in [0.3, 0.4) is 0 Å². The predicted octanol–water partition coefficient (Wildman–Crippen LogP) is 3.27. The number of piperidine rings is 1. The maximum atomic E-state index is 12.6. The number of nitrogens with zero attached hydrogens (tertiary/aromatic N) is 3. The molecule has 25 heavy (non-hydrogen) atoms. The number of carboxylic acid groups (broad SMARTS) is 1. The number of anilines is 1. The number of likely N-dealkylation sites (tertiary alicyclic amines) is 1. The van der Waals surface area contributed by atoms with E-state index in [0.29, 0.717) is 24.8 Å². The molecule has 1 aliphatic carbocycles. The Labute approximate surface area is 148 Å². The minimum atomic E-state index is -0.832. The lowest BCUT2D eigenvalue weighted by atomic mass is 9.91. The predicted molar refractivity (Wildman–Crippen MR) is 94.6 cm³/mol. The Morgan fingerprint density at radius 2 is 1.96 bits per heavy atom. The summed E-state index contributed by atoms with van der Waals surface area (Å²) in [6.07, 6.45) is 6.65. The van der Waals surface area contributed by atoms with Gasteiger partial charge in [0.2, 0.25) is 0 Å². The highest BCUT2D eigenvalue weighted by molar-refractivity contribution is 5.88. The van der Waals surface area contributed by atoms with E-state index in [1.165, 1.54) is 19.3 Å². The fourth-order valence-electron chi connectivity index (χ4n) is 4.13. The standard InChI is InChI=1S/C18H28N4O3/c1-12-8-14(17(23)24)11-21(10-12)18(25)19-16-9-13(2)22(20-16)15-6-4-3-5-7-15/h9,12,14-15H,3-8,10-11H2,1-2H3,(H,23,24)(H,19,20,25). The van der Waals surface area contributed by atoms with Gasteiger partial charge in [-0.2, -0.15) is 5.10 Å². The van der Waals surface area contributed by atoms with Crippen molar-refractivity contribution in [1.82, 2.24) is 14.7 Å². The fraction of sp³-hybridized carbons (Fsp3) is 0.722. The zero-order chi connectivity index (χ0) is 18.0. The Bertz CT molecular complexity index is 636. The summed E-state index contributed by atoms with van der Waals surface area (Å²) in [6, 6.07) is 2.06. The van der Waals surface area contributed by atoms with Gasteiger partial charge in [-0.15, -0.1) is 0 Å². The van der Waals surface area contributed by atoms with Crippen LogP contribution >= 0.6 is 0 Å². The third kappa shape index (κ3) is 4.14. The molecular formula is C18H28N4O3. The number of urea groups is 1. The van der Waals surface area contributed by atoms with Gasteiger partial charge >= 0.3 is 12.0 Å². The molecule has 0 bridgehead atoms. The van der Waals surface area contributed by atoms with E-state index in [1.807, 2.05) is 24.6 Å². The molecule has 2 heterocycles. The molecule has 1 saturated carbocycles. The molecule has 138 valence electrons. The van der Waals surface area contributed by atoms with Crippen molar-refractivity contribution in [3.05, 3.63) is 11.8 Å². The first-order valence-corrected chi connectivity index (χ1v) is 9.29. The van der Waals surface area contributed by atoms with Crippen molar-refractivity contribution in [2.75, 3.05) is 18.4 Å². The molecule has 3 rings (SSSR count). The average molecular weight is 348 g/mol. The molecule has 2 aliphatic rings. The molecule has 2 atom stereocenters. The van der Waals surface area contributed by atoms with Crippen LogP contribution in [0.25, 0.3) is 0 Å². The zero-order valence-electron chi connectivity index (χ0n) is 15.1. The molecule has 0 radical (unpaired) electrons. The summed E-state index contributed by atoms with van der Waals surface area (Å²) in [5, 5.41) is 16.7. The van der Waals surface area contributed by atoms with Crippen LogP contribution in [0.5, 0.6) is 0 Å². The lowest BCUT2D eigenvalue weighted by Crippen LogP contribution is -2.47. The summed E-state index contributed by atoms with van der Waals surface area (Å²) in [6.45, 7) is 4.84. The van der Waals surface area contributed by atoms with Crippen LogP contribution in [0.4, 0.5) is 10.6 Å². The SMILES string of the molecule is Cc1cc(NC(=O)N2CC(C)CC(C(=O)O)C2)nn1C1CCCCC1. The van der Waals surface area contributed by atoms with Crippen LogP contribution in [0.1, 0.15) is 57.2 Å².